The molecule has 0 spiro atoms. The second kappa shape index (κ2) is 6.92. The molecule has 1 aliphatic rings. The van der Waals surface area contributed by atoms with Gasteiger partial charge in [0.05, 0.1) is 5.69 Å². The van der Waals surface area contributed by atoms with Crippen molar-refractivity contribution in [3.05, 3.63) is 88.5 Å². The maximum absolute atomic E-state index is 13.6. The smallest absolute Gasteiger partial charge is 0.264 e. The third kappa shape index (κ3) is 3.00. The first-order valence-corrected chi connectivity index (χ1v) is 8.48. The highest BCUT2D eigenvalue weighted by Crippen LogP contribution is 2.43. The van der Waals surface area contributed by atoms with Crippen molar-refractivity contribution in [3.63, 3.8) is 0 Å². The van der Waals surface area contributed by atoms with Crippen LogP contribution in [0.2, 0.25) is 0 Å². The maximum Gasteiger partial charge on any atom is 0.273 e. The fourth-order valence-electron chi connectivity index (χ4n) is 3.62. The first-order chi connectivity index (χ1) is 13.1. The van der Waals surface area contributed by atoms with Gasteiger partial charge in [0.1, 0.15) is 0 Å². The molecule has 3 aromatic carbocycles. The number of hydrogen-bond acceptors (Lipinski definition) is 4. The lowest BCUT2D eigenvalue weighted by molar-refractivity contribution is -0.532. The van der Waals surface area contributed by atoms with Crippen molar-refractivity contribution in [3.8, 4) is 0 Å². The van der Waals surface area contributed by atoms with Gasteiger partial charge in [0.2, 0.25) is 6.10 Å². The molecule has 1 saturated heterocycles. The third-order valence-corrected chi connectivity index (χ3v) is 4.79. The molecule has 138 valence electrons. The minimum absolute atomic E-state index is 0.491. The number of hydrogen-bond donors (Lipinski definition) is 0. The molecule has 0 radical (unpaired) electrons. The van der Waals surface area contributed by atoms with E-state index in [1.165, 1.54) is 5.06 Å². The molecule has 1 heterocycles. The summed E-state index contributed by atoms with van der Waals surface area (Å²) >= 11 is 0. The number of rotatable bonds is 4. The van der Waals surface area contributed by atoms with Crippen molar-refractivity contribution in [2.45, 2.75) is 24.6 Å². The Morgan fingerprint density at radius 3 is 2.33 bits per heavy atom. The lowest BCUT2D eigenvalue weighted by Crippen LogP contribution is -2.38. The summed E-state index contributed by atoms with van der Waals surface area (Å²) in [4.78, 5) is 16.6. The summed E-state index contributed by atoms with van der Waals surface area (Å²) in [6, 6.07) is 18.8. The number of nitro groups is 1. The van der Waals surface area contributed by atoms with Gasteiger partial charge >= 0.3 is 0 Å². The topological polar surface area (TPSA) is 55.6 Å². The molecule has 0 N–H and O–H groups in total. The van der Waals surface area contributed by atoms with Crippen molar-refractivity contribution >= 4 is 16.5 Å². The van der Waals surface area contributed by atoms with Crippen LogP contribution >= 0.6 is 0 Å². The maximum atomic E-state index is 13.6. The average molecular weight is 370 g/mol. The van der Waals surface area contributed by atoms with E-state index in [0.717, 1.165) is 10.8 Å². The quantitative estimate of drug-likeness (QED) is 0.497. The molecule has 3 aromatic rings. The van der Waals surface area contributed by atoms with Crippen LogP contribution in [0.25, 0.3) is 10.8 Å². The van der Waals surface area contributed by atoms with E-state index >= 15 is 0 Å². The van der Waals surface area contributed by atoms with Gasteiger partial charge in [-0.3, -0.25) is 15.0 Å². The second-order valence-corrected chi connectivity index (χ2v) is 6.35. The van der Waals surface area contributed by atoms with E-state index in [-0.39, 0.29) is 0 Å². The zero-order valence-corrected chi connectivity index (χ0v) is 14.1. The highest BCUT2D eigenvalue weighted by molar-refractivity contribution is 5.86. The summed E-state index contributed by atoms with van der Waals surface area (Å²) in [5.41, 5.74) is 1.08. The lowest BCUT2D eigenvalue weighted by atomic mass is 9.92. The van der Waals surface area contributed by atoms with Gasteiger partial charge in [-0.2, -0.15) is 0 Å². The zero-order valence-electron chi connectivity index (χ0n) is 14.1. The molecule has 0 unspecified atom stereocenters. The number of nitrogens with zero attached hydrogens (tertiary/aromatic N) is 2. The molecule has 0 bridgehead atoms. The summed E-state index contributed by atoms with van der Waals surface area (Å²) in [7, 11) is 0. The zero-order chi connectivity index (χ0) is 19.0. The van der Waals surface area contributed by atoms with Crippen LogP contribution in [-0.4, -0.2) is 23.5 Å². The van der Waals surface area contributed by atoms with Crippen molar-refractivity contribution in [1.29, 1.82) is 0 Å². The molecule has 0 aliphatic carbocycles. The normalized spacial score (nSPS) is 22.5. The van der Waals surface area contributed by atoms with Crippen LogP contribution in [0.5, 0.6) is 0 Å². The fraction of sp³-hybridized carbons (Fsp3) is 0.200. The SMILES string of the molecule is O=[N+]([O-])[C@@H]1[C@@H](c2cccc3ccccc23)N(c2ccccc2)O[C@H]1C(F)F. The summed E-state index contributed by atoms with van der Waals surface area (Å²) in [5, 5.41) is 14.7. The Kier molecular flexibility index (Phi) is 4.45. The van der Waals surface area contributed by atoms with Gasteiger partial charge in [-0.05, 0) is 28.5 Å². The standard InChI is InChI=1S/C20H16F2N2O3/c21-20(22)19-18(24(25)26)17(23(27-19)14-9-2-1-3-10-14)16-12-6-8-13-7-4-5-11-15(13)16/h1-12,17-20H/t17-,18-,19-/m1/s1. The van der Waals surface area contributed by atoms with Gasteiger partial charge in [0, 0.05) is 4.92 Å². The Balaban J connectivity index is 1.92. The van der Waals surface area contributed by atoms with E-state index in [2.05, 4.69) is 0 Å². The minimum atomic E-state index is -2.98. The Bertz CT molecular complexity index is 962. The largest absolute Gasteiger partial charge is 0.273 e. The molecule has 1 aliphatic heterocycles. The first-order valence-electron chi connectivity index (χ1n) is 8.48. The van der Waals surface area contributed by atoms with Crippen molar-refractivity contribution in [2.75, 3.05) is 5.06 Å². The molecule has 3 atom stereocenters. The molecule has 0 amide bonds. The number of halogens is 2. The van der Waals surface area contributed by atoms with E-state index < -0.39 is 29.5 Å². The van der Waals surface area contributed by atoms with E-state index in [1.807, 2.05) is 30.3 Å². The fourth-order valence-corrected chi connectivity index (χ4v) is 3.62. The van der Waals surface area contributed by atoms with Crippen LogP contribution in [0.4, 0.5) is 14.5 Å². The van der Waals surface area contributed by atoms with Gasteiger partial charge in [0.15, 0.2) is 6.04 Å². The Morgan fingerprint density at radius 2 is 1.63 bits per heavy atom. The van der Waals surface area contributed by atoms with Crippen molar-refractivity contribution in [2.24, 2.45) is 0 Å². The minimum Gasteiger partial charge on any atom is -0.264 e. The van der Waals surface area contributed by atoms with Crippen LogP contribution in [0.1, 0.15) is 11.6 Å². The Morgan fingerprint density at radius 1 is 0.963 bits per heavy atom. The monoisotopic (exact) mass is 370 g/mol. The van der Waals surface area contributed by atoms with Crippen molar-refractivity contribution < 1.29 is 18.5 Å². The first kappa shape index (κ1) is 17.4. The number of fused-ring (bicyclic) bond motifs is 1. The van der Waals surface area contributed by atoms with Crippen LogP contribution in [-0.2, 0) is 4.84 Å². The molecule has 4 rings (SSSR count). The Labute approximate surface area is 153 Å². The molecular formula is C20H16F2N2O3. The van der Waals surface area contributed by atoms with Gasteiger partial charge in [0.25, 0.3) is 12.5 Å². The van der Waals surface area contributed by atoms with Crippen LogP contribution in [0.3, 0.4) is 0 Å². The van der Waals surface area contributed by atoms with Gasteiger partial charge in [-0.1, -0.05) is 60.7 Å². The van der Waals surface area contributed by atoms with Crippen LogP contribution in [0.15, 0.2) is 72.8 Å². The molecular weight excluding hydrogens is 354 g/mol. The van der Waals surface area contributed by atoms with Crippen LogP contribution in [0, 0.1) is 10.1 Å². The highest BCUT2D eigenvalue weighted by Gasteiger charge is 2.56. The number of alkyl halides is 2. The summed E-state index contributed by atoms with van der Waals surface area (Å²) in [6.45, 7) is 0. The van der Waals surface area contributed by atoms with E-state index in [1.54, 1.807) is 42.5 Å². The predicted molar refractivity (Wildman–Crippen MR) is 97.3 cm³/mol. The van der Waals surface area contributed by atoms with Gasteiger partial charge in [-0.15, -0.1) is 0 Å². The Hall–Kier alpha value is -3.06. The summed E-state index contributed by atoms with van der Waals surface area (Å²) in [5.74, 6) is 0. The molecule has 1 fully saturated rings. The number of hydroxylamine groups is 1. The van der Waals surface area contributed by atoms with Gasteiger partial charge in [-0.25, -0.2) is 13.8 Å². The second-order valence-electron chi connectivity index (χ2n) is 6.35. The molecule has 0 aromatic heterocycles. The highest BCUT2D eigenvalue weighted by atomic mass is 19.3. The number of benzene rings is 3. The lowest BCUT2D eigenvalue weighted by Gasteiger charge is -2.25. The van der Waals surface area contributed by atoms with E-state index in [9.17, 15) is 18.9 Å². The summed E-state index contributed by atoms with van der Waals surface area (Å²) < 4.78 is 27.2. The predicted octanol–water partition coefficient (Wildman–Crippen LogP) is 4.61. The van der Waals surface area contributed by atoms with Crippen LogP contribution < -0.4 is 5.06 Å². The third-order valence-electron chi connectivity index (χ3n) is 4.79. The molecule has 5 nitrogen and oxygen atoms in total. The van der Waals surface area contributed by atoms with Crippen molar-refractivity contribution in [1.82, 2.24) is 0 Å². The van der Waals surface area contributed by atoms with E-state index in [4.69, 9.17) is 4.84 Å². The summed E-state index contributed by atoms with van der Waals surface area (Å²) in [6.07, 6.45) is -4.81. The molecule has 27 heavy (non-hydrogen) atoms. The molecule has 7 heteroatoms. The average Bonchev–Trinajstić information content (AvgIpc) is 3.09. The van der Waals surface area contributed by atoms with E-state index in [0.29, 0.717) is 11.3 Å². The number of para-hydroxylation sites is 1. The number of anilines is 1. The van der Waals surface area contributed by atoms with Gasteiger partial charge < -0.3 is 0 Å². The molecule has 0 saturated carbocycles.